The fraction of sp³-hybridized carbons (Fsp3) is 0.281. The topological polar surface area (TPSA) is 100 Å². The highest BCUT2D eigenvalue weighted by Crippen LogP contribution is 2.39. The lowest BCUT2D eigenvalue weighted by molar-refractivity contribution is -0.110. The molecule has 0 aromatic heterocycles. The molecular weight excluding hydrogens is 520 g/mol. The van der Waals surface area contributed by atoms with E-state index >= 15 is 0 Å². The number of piperidine rings is 1. The van der Waals surface area contributed by atoms with Gasteiger partial charge in [-0.15, -0.1) is 0 Å². The van der Waals surface area contributed by atoms with Crippen LogP contribution in [0, 0.1) is 5.92 Å². The molecule has 2 N–H and O–H groups in total. The molecule has 2 aliphatic heterocycles. The van der Waals surface area contributed by atoms with Crippen LogP contribution in [0.2, 0.25) is 0 Å². The molecule has 9 nitrogen and oxygen atoms in total. The van der Waals surface area contributed by atoms with Crippen molar-refractivity contribution in [3.63, 3.8) is 0 Å². The number of amides is 2. The van der Waals surface area contributed by atoms with Crippen molar-refractivity contribution in [2.24, 2.45) is 5.92 Å². The molecule has 0 aliphatic carbocycles. The predicted molar refractivity (Wildman–Crippen MR) is 159 cm³/mol. The number of methoxy groups -OCH3 is 1. The Morgan fingerprint density at radius 1 is 0.976 bits per heavy atom. The van der Waals surface area contributed by atoms with Gasteiger partial charge < -0.3 is 29.9 Å². The first kappa shape index (κ1) is 27.9. The van der Waals surface area contributed by atoms with Crippen LogP contribution in [0.1, 0.15) is 34.3 Å². The first-order valence-corrected chi connectivity index (χ1v) is 13.6. The number of rotatable bonds is 7. The number of nitrogens with one attached hydrogen (secondary N) is 2. The van der Waals surface area contributed by atoms with Gasteiger partial charge in [0.25, 0.3) is 11.8 Å². The molecule has 0 radical (unpaired) electrons. The van der Waals surface area contributed by atoms with Crippen molar-refractivity contribution in [3.8, 4) is 5.75 Å². The zero-order chi connectivity index (χ0) is 28.9. The fourth-order valence-corrected chi connectivity index (χ4v) is 5.34. The number of ether oxygens (including phenoxy) is 2. The highest BCUT2D eigenvalue weighted by Gasteiger charge is 2.29. The third-order valence-corrected chi connectivity index (χ3v) is 7.34. The molecule has 3 aromatic carbocycles. The van der Waals surface area contributed by atoms with E-state index in [1.807, 2.05) is 59.5 Å². The predicted octanol–water partition coefficient (Wildman–Crippen LogP) is 5.18. The molecule has 0 spiro atoms. The maximum absolute atomic E-state index is 13.2. The van der Waals surface area contributed by atoms with Crippen LogP contribution in [0.3, 0.4) is 0 Å². The van der Waals surface area contributed by atoms with E-state index in [2.05, 4.69) is 34.4 Å². The van der Waals surface area contributed by atoms with Gasteiger partial charge >= 0.3 is 6.16 Å². The summed E-state index contributed by atoms with van der Waals surface area (Å²) < 4.78 is 9.68. The minimum Gasteiger partial charge on any atom is -0.437 e. The van der Waals surface area contributed by atoms with Crippen molar-refractivity contribution in [2.45, 2.75) is 12.8 Å². The molecule has 2 aliphatic rings. The number of likely N-dealkylation sites (tertiary alicyclic amines) is 1. The Morgan fingerprint density at radius 2 is 1.68 bits per heavy atom. The van der Waals surface area contributed by atoms with Gasteiger partial charge in [-0.2, -0.15) is 0 Å². The van der Waals surface area contributed by atoms with Crippen molar-refractivity contribution in [1.29, 1.82) is 0 Å². The van der Waals surface area contributed by atoms with Gasteiger partial charge in [0.1, 0.15) is 5.75 Å². The SMILES string of the molecule is COC(=O)Oc1ccc2c(c1)NC(=O)/C2=C(\Nc1ccc(C(=O)N2CCC(CN(C)C)CC2)cc1)c1ccccc1. The molecule has 212 valence electrons. The van der Waals surface area contributed by atoms with Gasteiger partial charge in [0.05, 0.1) is 24.1 Å². The summed E-state index contributed by atoms with van der Waals surface area (Å²) >= 11 is 0. The van der Waals surface area contributed by atoms with Gasteiger partial charge in [0.15, 0.2) is 0 Å². The van der Waals surface area contributed by atoms with Crippen LogP contribution >= 0.6 is 0 Å². The standard InChI is InChI=1S/C32H34N4O5/c1-35(2)20-21-15-17-36(18-16-21)31(38)23-9-11-24(12-10-23)33-29(22-7-5-4-6-8-22)28-26-14-13-25(41-32(39)40-3)19-27(26)34-30(28)37/h4-14,19,21,33H,15-18,20H2,1-3H3,(H,34,37)/b29-28-. The van der Waals surface area contributed by atoms with Crippen LogP contribution in [-0.2, 0) is 9.53 Å². The second kappa shape index (κ2) is 12.3. The Hall–Kier alpha value is -4.63. The third-order valence-electron chi connectivity index (χ3n) is 7.34. The zero-order valence-corrected chi connectivity index (χ0v) is 23.5. The van der Waals surface area contributed by atoms with Crippen LogP contribution in [-0.4, -0.2) is 68.6 Å². The fourth-order valence-electron chi connectivity index (χ4n) is 5.34. The molecule has 0 saturated carbocycles. The number of carbonyl (C=O) groups is 3. The Balaban J connectivity index is 1.38. The number of anilines is 2. The summed E-state index contributed by atoms with van der Waals surface area (Å²) in [6.45, 7) is 2.58. The Morgan fingerprint density at radius 3 is 2.34 bits per heavy atom. The molecule has 0 bridgehead atoms. The van der Waals surface area contributed by atoms with E-state index in [-0.39, 0.29) is 17.6 Å². The van der Waals surface area contributed by atoms with Crippen LogP contribution in [0.5, 0.6) is 5.75 Å². The van der Waals surface area contributed by atoms with Crippen LogP contribution < -0.4 is 15.4 Å². The van der Waals surface area contributed by atoms with E-state index < -0.39 is 6.16 Å². The molecule has 5 rings (SSSR count). The number of hydrogen-bond acceptors (Lipinski definition) is 7. The van der Waals surface area contributed by atoms with Crippen molar-refractivity contribution < 1.29 is 23.9 Å². The molecule has 1 fully saturated rings. The third kappa shape index (κ3) is 6.41. The summed E-state index contributed by atoms with van der Waals surface area (Å²) in [5, 5.41) is 6.29. The van der Waals surface area contributed by atoms with Crippen LogP contribution in [0.15, 0.2) is 72.8 Å². The lowest BCUT2D eigenvalue weighted by Crippen LogP contribution is -2.40. The second-order valence-electron chi connectivity index (χ2n) is 10.5. The van der Waals surface area contributed by atoms with E-state index in [1.165, 1.54) is 7.11 Å². The lowest BCUT2D eigenvalue weighted by atomic mass is 9.96. The maximum Gasteiger partial charge on any atom is 0.513 e. The first-order valence-electron chi connectivity index (χ1n) is 13.6. The molecule has 3 aromatic rings. The van der Waals surface area contributed by atoms with Crippen molar-refractivity contribution in [2.75, 3.05) is 51.5 Å². The average molecular weight is 555 g/mol. The van der Waals surface area contributed by atoms with Gasteiger partial charge in [-0.25, -0.2) is 4.79 Å². The van der Waals surface area contributed by atoms with Crippen molar-refractivity contribution in [1.82, 2.24) is 9.80 Å². The maximum atomic E-state index is 13.2. The second-order valence-corrected chi connectivity index (χ2v) is 10.5. The largest absolute Gasteiger partial charge is 0.513 e. The van der Waals surface area contributed by atoms with E-state index in [1.54, 1.807) is 18.2 Å². The monoisotopic (exact) mass is 554 g/mol. The summed E-state index contributed by atoms with van der Waals surface area (Å²) in [5.41, 5.74) is 4.46. The summed E-state index contributed by atoms with van der Waals surface area (Å²) in [6.07, 6.45) is 1.18. The molecule has 0 atom stereocenters. The van der Waals surface area contributed by atoms with Gasteiger partial charge in [-0.1, -0.05) is 30.3 Å². The van der Waals surface area contributed by atoms with Gasteiger partial charge in [-0.3, -0.25) is 9.59 Å². The normalized spacial score (nSPS) is 16.2. The molecule has 2 heterocycles. The summed E-state index contributed by atoms with van der Waals surface area (Å²) in [5.74, 6) is 0.630. The summed E-state index contributed by atoms with van der Waals surface area (Å²) in [7, 11) is 5.40. The highest BCUT2D eigenvalue weighted by atomic mass is 16.7. The van der Waals surface area contributed by atoms with Crippen LogP contribution in [0.4, 0.5) is 16.2 Å². The quantitative estimate of drug-likeness (QED) is 0.236. The molecular formula is C32H34N4O5. The molecule has 41 heavy (non-hydrogen) atoms. The first-order chi connectivity index (χ1) is 19.8. The van der Waals surface area contributed by atoms with Crippen LogP contribution in [0.25, 0.3) is 11.3 Å². The number of benzene rings is 3. The number of carbonyl (C=O) groups excluding carboxylic acids is 3. The Labute approximate surface area is 239 Å². The molecule has 9 heteroatoms. The van der Waals surface area contributed by atoms with E-state index in [0.29, 0.717) is 34.0 Å². The summed E-state index contributed by atoms with van der Waals surface area (Å²) in [4.78, 5) is 42.1. The minimum absolute atomic E-state index is 0.0376. The molecule has 1 saturated heterocycles. The van der Waals surface area contributed by atoms with Gasteiger partial charge in [0.2, 0.25) is 0 Å². The van der Waals surface area contributed by atoms with Crippen molar-refractivity contribution in [3.05, 3.63) is 89.5 Å². The zero-order valence-electron chi connectivity index (χ0n) is 23.5. The summed E-state index contributed by atoms with van der Waals surface area (Å²) in [6, 6.07) is 21.9. The number of fused-ring (bicyclic) bond motifs is 1. The van der Waals surface area contributed by atoms with E-state index in [4.69, 9.17) is 4.74 Å². The van der Waals surface area contributed by atoms with E-state index in [9.17, 15) is 14.4 Å². The Kier molecular flexibility index (Phi) is 8.35. The lowest BCUT2D eigenvalue weighted by Gasteiger charge is -2.33. The highest BCUT2D eigenvalue weighted by molar-refractivity contribution is 6.37. The number of hydrogen-bond donors (Lipinski definition) is 2. The smallest absolute Gasteiger partial charge is 0.437 e. The molecule has 2 amide bonds. The van der Waals surface area contributed by atoms with Gasteiger partial charge in [-0.05, 0) is 74.8 Å². The Bertz CT molecular complexity index is 1460. The van der Waals surface area contributed by atoms with Crippen molar-refractivity contribution >= 4 is 40.6 Å². The number of nitrogens with zero attached hydrogens (tertiary/aromatic N) is 2. The minimum atomic E-state index is -0.840. The van der Waals surface area contributed by atoms with Gasteiger partial charge in [0, 0.05) is 42.5 Å². The average Bonchev–Trinajstić information content (AvgIpc) is 3.31. The molecule has 0 unspecified atom stereocenters. The van der Waals surface area contributed by atoms with E-state index in [0.717, 1.165) is 43.7 Å².